The van der Waals surface area contributed by atoms with E-state index in [0.717, 1.165) is 17.8 Å². The normalized spacial score (nSPS) is 22.5. The zero-order valence-corrected chi connectivity index (χ0v) is 16.5. The van der Waals surface area contributed by atoms with E-state index in [1.807, 2.05) is 0 Å². The molecule has 2 aliphatic heterocycles. The summed E-state index contributed by atoms with van der Waals surface area (Å²) in [6.45, 7) is 0.979. The van der Waals surface area contributed by atoms with Crippen molar-refractivity contribution in [2.75, 3.05) is 13.1 Å². The molecule has 0 aliphatic carbocycles. The highest BCUT2D eigenvalue weighted by atomic mass is 19.4. The van der Waals surface area contributed by atoms with Crippen LogP contribution in [0.2, 0.25) is 0 Å². The van der Waals surface area contributed by atoms with Crippen LogP contribution in [0.15, 0.2) is 42.6 Å². The van der Waals surface area contributed by atoms with Gasteiger partial charge in [0.15, 0.2) is 0 Å². The summed E-state index contributed by atoms with van der Waals surface area (Å²) in [6.07, 6.45) is -2.21. The third kappa shape index (κ3) is 5.13. The van der Waals surface area contributed by atoms with E-state index in [2.05, 4.69) is 15.8 Å². The number of nitrogens with one attached hydrogen (secondary N) is 2. The highest BCUT2D eigenvalue weighted by Crippen LogP contribution is 2.30. The Morgan fingerprint density at radius 3 is 2.39 bits per heavy atom. The van der Waals surface area contributed by atoms with E-state index in [1.165, 1.54) is 18.2 Å². The molecule has 2 fully saturated rings. The van der Waals surface area contributed by atoms with Crippen molar-refractivity contribution >= 4 is 5.91 Å². The number of carbonyl (C=O) groups is 1. The second-order valence-electron chi connectivity index (χ2n) is 7.71. The smallest absolute Gasteiger partial charge is 0.417 e. The van der Waals surface area contributed by atoms with Crippen LogP contribution in [0.3, 0.4) is 0 Å². The highest BCUT2D eigenvalue weighted by Gasteiger charge is 2.35. The third-order valence-corrected chi connectivity index (χ3v) is 5.58. The number of hydrogen-bond acceptors (Lipinski definition) is 5. The molecule has 0 bridgehead atoms. The van der Waals surface area contributed by atoms with Gasteiger partial charge in [-0.3, -0.25) is 4.79 Å². The van der Waals surface area contributed by atoms with E-state index in [0.29, 0.717) is 32.4 Å². The van der Waals surface area contributed by atoms with Gasteiger partial charge in [-0.05, 0) is 30.2 Å². The van der Waals surface area contributed by atoms with Gasteiger partial charge in [0.05, 0.1) is 5.56 Å². The number of rotatable bonds is 4. The topological polar surface area (TPSA) is 66.5 Å². The van der Waals surface area contributed by atoms with Crippen LogP contribution in [-0.2, 0) is 11.0 Å². The molecule has 2 unspecified atom stereocenters. The lowest BCUT2D eigenvalue weighted by Crippen LogP contribution is -2.49. The quantitative estimate of drug-likeness (QED) is 0.718. The number of nitrogens with zero attached hydrogens (tertiary/aromatic N) is 2. The van der Waals surface area contributed by atoms with Gasteiger partial charge in [-0.1, -0.05) is 12.1 Å². The molecule has 4 rings (SSSR count). The average molecular weight is 438 g/mol. The highest BCUT2D eigenvalue weighted by molar-refractivity contribution is 5.82. The second kappa shape index (κ2) is 8.80. The minimum atomic E-state index is -4.43. The summed E-state index contributed by atoms with van der Waals surface area (Å²) < 4.78 is 56.6. The van der Waals surface area contributed by atoms with Gasteiger partial charge in [-0.15, -0.1) is 0 Å². The number of ether oxygens (including phenoxy) is 1. The van der Waals surface area contributed by atoms with Crippen LogP contribution in [0.25, 0.3) is 0 Å². The number of amides is 1. The van der Waals surface area contributed by atoms with Crippen molar-refractivity contribution in [2.45, 2.75) is 43.6 Å². The zero-order chi connectivity index (χ0) is 22.0. The Balaban J connectivity index is 1.26. The predicted octanol–water partition coefficient (Wildman–Crippen LogP) is 3.22. The summed E-state index contributed by atoms with van der Waals surface area (Å²) in [5, 5.41) is 0. The molecule has 10 heteroatoms. The number of hydrogen-bond donors (Lipinski definition) is 2. The maximum Gasteiger partial charge on any atom is 0.417 e. The van der Waals surface area contributed by atoms with E-state index in [9.17, 15) is 22.4 Å². The Bertz CT molecular complexity index is 897. The summed E-state index contributed by atoms with van der Waals surface area (Å²) in [5.41, 5.74) is 6.18. The first-order valence-corrected chi connectivity index (χ1v) is 10.0. The van der Waals surface area contributed by atoms with Crippen LogP contribution in [0.5, 0.6) is 5.88 Å². The van der Waals surface area contributed by atoms with Gasteiger partial charge in [0.1, 0.15) is 18.0 Å². The molecule has 3 heterocycles. The van der Waals surface area contributed by atoms with Gasteiger partial charge in [0, 0.05) is 44.2 Å². The number of carbonyl (C=O) groups excluding carboxylic acids is 1. The molecule has 2 atom stereocenters. The summed E-state index contributed by atoms with van der Waals surface area (Å²) in [5.74, 6) is -0.191. The average Bonchev–Trinajstić information content (AvgIpc) is 3.24. The van der Waals surface area contributed by atoms with Gasteiger partial charge in [-0.2, -0.15) is 13.2 Å². The largest absolute Gasteiger partial charge is 0.474 e. The molecule has 0 spiro atoms. The lowest BCUT2D eigenvalue weighted by Gasteiger charge is -2.33. The van der Waals surface area contributed by atoms with Crippen molar-refractivity contribution in [3.63, 3.8) is 0 Å². The minimum Gasteiger partial charge on any atom is -0.474 e. The van der Waals surface area contributed by atoms with Crippen molar-refractivity contribution in [2.24, 2.45) is 0 Å². The number of aromatic nitrogens is 1. The van der Waals surface area contributed by atoms with Crippen LogP contribution in [0.1, 0.15) is 36.4 Å². The second-order valence-corrected chi connectivity index (χ2v) is 7.71. The summed E-state index contributed by atoms with van der Waals surface area (Å²) >= 11 is 0. The van der Waals surface area contributed by atoms with E-state index in [-0.39, 0.29) is 35.8 Å². The van der Waals surface area contributed by atoms with Crippen LogP contribution in [0, 0.1) is 5.82 Å². The molecule has 6 nitrogen and oxygen atoms in total. The SMILES string of the molecule is O=C(C1CC(c2ccc(F)cc2)NN1)N1CCC(Oc2ccc(C(F)(F)F)cn2)CC1. The van der Waals surface area contributed by atoms with Crippen LogP contribution in [0.4, 0.5) is 17.6 Å². The number of halogens is 4. The van der Waals surface area contributed by atoms with E-state index in [1.54, 1.807) is 17.0 Å². The molecule has 2 aromatic rings. The number of piperidine rings is 1. The fraction of sp³-hybridized carbons (Fsp3) is 0.429. The Morgan fingerprint density at radius 1 is 1.06 bits per heavy atom. The maximum atomic E-state index is 13.1. The van der Waals surface area contributed by atoms with E-state index < -0.39 is 11.7 Å². The Kier molecular flexibility index (Phi) is 6.10. The van der Waals surface area contributed by atoms with Crippen molar-refractivity contribution in [1.82, 2.24) is 20.7 Å². The Morgan fingerprint density at radius 2 is 1.77 bits per heavy atom. The summed E-state index contributed by atoms with van der Waals surface area (Å²) in [7, 11) is 0. The van der Waals surface area contributed by atoms with Gasteiger partial charge in [0.25, 0.3) is 0 Å². The number of hydrazine groups is 1. The van der Waals surface area contributed by atoms with Crippen molar-refractivity contribution in [1.29, 1.82) is 0 Å². The number of benzene rings is 1. The van der Waals surface area contributed by atoms with Gasteiger partial charge in [0.2, 0.25) is 11.8 Å². The summed E-state index contributed by atoms with van der Waals surface area (Å²) in [4.78, 5) is 18.3. The molecule has 1 amide bonds. The monoisotopic (exact) mass is 438 g/mol. The first kappa shape index (κ1) is 21.5. The predicted molar refractivity (Wildman–Crippen MR) is 103 cm³/mol. The maximum absolute atomic E-state index is 13.1. The lowest BCUT2D eigenvalue weighted by molar-refractivity contribution is -0.138. The fourth-order valence-corrected chi connectivity index (χ4v) is 3.83. The first-order chi connectivity index (χ1) is 14.8. The van der Waals surface area contributed by atoms with Gasteiger partial charge in [-0.25, -0.2) is 20.2 Å². The third-order valence-electron chi connectivity index (χ3n) is 5.58. The molecule has 1 aromatic carbocycles. The molecule has 31 heavy (non-hydrogen) atoms. The molecular weight excluding hydrogens is 416 g/mol. The Hall–Kier alpha value is -2.72. The number of alkyl halides is 3. The van der Waals surface area contributed by atoms with Crippen LogP contribution >= 0.6 is 0 Å². The van der Waals surface area contributed by atoms with Gasteiger partial charge >= 0.3 is 6.18 Å². The van der Waals surface area contributed by atoms with Crippen LogP contribution in [-0.4, -0.2) is 41.0 Å². The zero-order valence-electron chi connectivity index (χ0n) is 16.5. The van der Waals surface area contributed by atoms with Crippen molar-refractivity contribution < 1.29 is 27.1 Å². The molecule has 2 aliphatic rings. The molecule has 166 valence electrons. The van der Waals surface area contributed by atoms with Crippen molar-refractivity contribution in [3.05, 3.63) is 59.5 Å². The number of pyridine rings is 1. The van der Waals surface area contributed by atoms with E-state index in [4.69, 9.17) is 4.74 Å². The first-order valence-electron chi connectivity index (χ1n) is 10.0. The molecule has 2 N–H and O–H groups in total. The standard InChI is InChI=1S/C21H22F4N4O2/c22-15-4-1-13(2-5-15)17-11-18(28-27-17)20(30)29-9-7-16(8-10-29)31-19-6-3-14(12-26-19)21(23,24)25/h1-6,12,16-18,27-28H,7-11H2. The lowest BCUT2D eigenvalue weighted by atomic mass is 10.0. The fourth-order valence-electron chi connectivity index (χ4n) is 3.83. The molecule has 2 saturated heterocycles. The minimum absolute atomic E-state index is 0.0248. The van der Waals surface area contributed by atoms with Crippen molar-refractivity contribution in [3.8, 4) is 5.88 Å². The number of likely N-dealkylation sites (tertiary alicyclic amines) is 1. The molecule has 0 radical (unpaired) electrons. The van der Waals surface area contributed by atoms with E-state index >= 15 is 0 Å². The molecule has 1 aromatic heterocycles. The molecule has 0 saturated carbocycles. The van der Waals surface area contributed by atoms with Gasteiger partial charge < -0.3 is 9.64 Å². The van der Waals surface area contributed by atoms with Crippen LogP contribution < -0.4 is 15.6 Å². The molecular formula is C21H22F4N4O2. The summed E-state index contributed by atoms with van der Waals surface area (Å²) in [6, 6.07) is 7.86. The Labute approximate surface area is 176 Å².